The number of anilines is 2. The Kier molecular flexibility index (Phi) is 8.28. The van der Waals surface area contributed by atoms with Crippen LogP contribution in [0.25, 0.3) is 10.9 Å². The second-order valence-electron chi connectivity index (χ2n) is 13.5. The van der Waals surface area contributed by atoms with E-state index in [0.29, 0.717) is 11.8 Å². The summed E-state index contributed by atoms with van der Waals surface area (Å²) in [4.78, 5) is 10.7. The van der Waals surface area contributed by atoms with E-state index >= 15 is 0 Å². The maximum atomic E-state index is 13.8. The maximum Gasteiger partial charge on any atom is 0.416 e. The van der Waals surface area contributed by atoms with Crippen LogP contribution in [0.3, 0.4) is 0 Å². The van der Waals surface area contributed by atoms with Crippen molar-refractivity contribution in [1.29, 1.82) is 0 Å². The Balaban J connectivity index is 1.32. The van der Waals surface area contributed by atoms with Crippen molar-refractivity contribution in [1.82, 2.24) is 25.2 Å². The summed E-state index contributed by atoms with van der Waals surface area (Å²) in [6.45, 7) is 3.54. The smallest absolute Gasteiger partial charge is 0.356 e. The largest absolute Gasteiger partial charge is 0.416 e. The molecular weight excluding hydrogens is 620 g/mol. The Morgan fingerprint density at radius 3 is 2.02 bits per heavy atom. The predicted molar refractivity (Wildman–Crippen MR) is 166 cm³/mol. The Bertz CT molecular complexity index is 1690. The van der Waals surface area contributed by atoms with Crippen LogP contribution in [0.5, 0.6) is 0 Å². The predicted octanol–water partition coefficient (Wildman–Crippen LogP) is 8.52. The van der Waals surface area contributed by atoms with E-state index in [1.54, 1.807) is 4.90 Å². The molecule has 3 fully saturated rings. The second kappa shape index (κ2) is 12.3. The van der Waals surface area contributed by atoms with Crippen molar-refractivity contribution < 1.29 is 26.3 Å². The monoisotopic (exact) mass is 657 g/mol. The minimum atomic E-state index is -4.95. The number of aromatic nitrogens is 5. The molecule has 0 bridgehead atoms. The fourth-order valence-electron chi connectivity index (χ4n) is 6.61. The third-order valence-electron chi connectivity index (χ3n) is 9.49. The number of halogens is 6. The van der Waals surface area contributed by atoms with Gasteiger partial charge in [-0.15, -0.1) is 5.10 Å². The number of fused-ring (bicyclic) bond motifs is 1. The maximum absolute atomic E-state index is 13.8. The van der Waals surface area contributed by atoms with Crippen LogP contribution >= 0.6 is 0 Å². The van der Waals surface area contributed by atoms with Gasteiger partial charge < -0.3 is 9.80 Å². The van der Waals surface area contributed by atoms with Crippen molar-refractivity contribution >= 4 is 22.7 Å². The van der Waals surface area contributed by atoms with Crippen LogP contribution in [0.2, 0.25) is 0 Å². The van der Waals surface area contributed by atoms with Crippen molar-refractivity contribution in [2.45, 2.75) is 89.8 Å². The zero-order valence-corrected chi connectivity index (χ0v) is 26.2. The second-order valence-corrected chi connectivity index (χ2v) is 13.5. The summed E-state index contributed by atoms with van der Waals surface area (Å²) >= 11 is 0. The highest BCUT2D eigenvalue weighted by molar-refractivity contribution is 5.84. The number of benzene rings is 2. The van der Waals surface area contributed by atoms with Gasteiger partial charge in [-0.25, -0.2) is 4.98 Å². The molecule has 3 aliphatic carbocycles. The normalized spacial score (nSPS) is 17.5. The van der Waals surface area contributed by atoms with Gasteiger partial charge in [-0.3, -0.25) is 0 Å². The molecule has 7 nitrogen and oxygen atoms in total. The first-order valence-electron chi connectivity index (χ1n) is 16.4. The minimum absolute atomic E-state index is 0.0527. The summed E-state index contributed by atoms with van der Waals surface area (Å²) in [5.74, 6) is 2.09. The molecular formula is C34H37F6N7. The lowest BCUT2D eigenvalue weighted by atomic mass is 10.0. The van der Waals surface area contributed by atoms with Gasteiger partial charge in [0.25, 0.3) is 5.95 Å². The molecule has 13 heteroatoms. The van der Waals surface area contributed by atoms with E-state index in [4.69, 9.17) is 4.98 Å². The van der Waals surface area contributed by atoms with Crippen molar-refractivity contribution in [2.24, 2.45) is 11.8 Å². The molecule has 7 rings (SSSR count). The third-order valence-corrected chi connectivity index (χ3v) is 9.49. The molecule has 0 amide bonds. The van der Waals surface area contributed by atoms with Gasteiger partial charge in [-0.2, -0.15) is 31.1 Å². The van der Waals surface area contributed by atoms with Crippen LogP contribution in [0, 0.1) is 18.8 Å². The molecule has 0 radical (unpaired) electrons. The molecule has 0 N–H and O–H groups in total. The molecule has 2 aromatic heterocycles. The lowest BCUT2D eigenvalue weighted by Crippen LogP contribution is -2.32. The van der Waals surface area contributed by atoms with Crippen LogP contribution in [-0.4, -0.2) is 38.3 Å². The summed E-state index contributed by atoms with van der Waals surface area (Å²) in [5, 5.41) is 14.1. The van der Waals surface area contributed by atoms with Crippen molar-refractivity contribution in [3.63, 3.8) is 0 Å². The quantitative estimate of drug-likeness (QED) is 0.151. The fourth-order valence-corrected chi connectivity index (χ4v) is 6.61. The lowest BCUT2D eigenvalue weighted by Gasteiger charge is -2.29. The highest BCUT2D eigenvalue weighted by atomic mass is 19.4. The molecule has 0 saturated heterocycles. The number of nitrogens with zero attached hydrogens (tertiary/aromatic N) is 7. The Hall–Kier alpha value is -3.90. The average molecular weight is 658 g/mol. The lowest BCUT2D eigenvalue weighted by molar-refractivity contribution is -0.143. The molecule has 47 heavy (non-hydrogen) atoms. The molecule has 250 valence electrons. The van der Waals surface area contributed by atoms with Crippen LogP contribution in [0.15, 0.2) is 42.5 Å². The van der Waals surface area contributed by atoms with Gasteiger partial charge in [0.2, 0.25) is 0 Å². The number of hydrogen-bond donors (Lipinski definition) is 0. The summed E-state index contributed by atoms with van der Waals surface area (Å²) in [5.41, 5.74) is -0.156. The summed E-state index contributed by atoms with van der Waals surface area (Å²) < 4.78 is 83.0. The third kappa shape index (κ3) is 7.33. The van der Waals surface area contributed by atoms with Gasteiger partial charge in [-0.1, -0.05) is 36.1 Å². The van der Waals surface area contributed by atoms with E-state index < -0.39 is 23.5 Å². The van der Waals surface area contributed by atoms with Crippen molar-refractivity contribution in [3.05, 3.63) is 70.3 Å². The van der Waals surface area contributed by atoms with Crippen LogP contribution in [0.1, 0.15) is 85.2 Å². The fraction of sp³-hybridized carbons (Fsp3) is 0.529. The van der Waals surface area contributed by atoms with Gasteiger partial charge in [0.15, 0.2) is 0 Å². The number of tetrazole rings is 1. The number of aryl methyl sites for hydroxylation is 1. The van der Waals surface area contributed by atoms with E-state index in [1.807, 2.05) is 31.2 Å². The van der Waals surface area contributed by atoms with Crippen molar-refractivity contribution in [2.75, 3.05) is 22.9 Å². The molecule has 0 aliphatic heterocycles. The van der Waals surface area contributed by atoms with E-state index in [-0.39, 0.29) is 36.7 Å². The first kappa shape index (κ1) is 31.7. The van der Waals surface area contributed by atoms with E-state index in [2.05, 4.69) is 20.3 Å². The van der Waals surface area contributed by atoms with Crippen molar-refractivity contribution in [3.8, 4) is 0 Å². The van der Waals surface area contributed by atoms with Gasteiger partial charge in [0.1, 0.15) is 5.82 Å². The van der Waals surface area contributed by atoms with E-state index in [9.17, 15) is 26.3 Å². The topological polar surface area (TPSA) is 63.0 Å². The molecule has 0 spiro atoms. The number of hydrogen-bond acceptors (Lipinski definition) is 6. The standard InChI is InChI=1S/C34H37F6N7/c1-21-5-4-6-25-15-26(31(41-30(21)25)45(17-22-9-10-22)18-23-11-12-23)20-46(32-42-44-47(43-32)29-7-2-3-8-29)19-24-13-27(33(35,36)37)16-28(14-24)34(38,39)40/h4-6,13-16,22-23,29H,2-3,7-12,17-20H2,1H3. The van der Waals surface area contributed by atoms with Crippen LogP contribution in [0.4, 0.5) is 38.1 Å². The van der Waals surface area contributed by atoms with E-state index in [0.717, 1.165) is 104 Å². The molecule has 4 aromatic rings. The first-order valence-corrected chi connectivity index (χ1v) is 16.4. The molecule has 0 atom stereocenters. The van der Waals surface area contributed by atoms with Crippen LogP contribution in [-0.2, 0) is 25.4 Å². The summed E-state index contributed by atoms with van der Waals surface area (Å²) in [6.07, 6.45) is -1.48. The Morgan fingerprint density at radius 1 is 0.787 bits per heavy atom. The number of rotatable bonds is 11. The molecule has 0 unspecified atom stereocenters. The highest BCUT2D eigenvalue weighted by Gasteiger charge is 2.37. The molecule has 2 heterocycles. The zero-order chi connectivity index (χ0) is 32.9. The number of pyridine rings is 1. The van der Waals surface area contributed by atoms with Gasteiger partial charge in [0, 0.05) is 37.1 Å². The van der Waals surface area contributed by atoms with Gasteiger partial charge in [-0.05, 0) is 97.9 Å². The number of alkyl halides is 6. The summed E-state index contributed by atoms with van der Waals surface area (Å²) in [6, 6.07) is 9.73. The van der Waals surface area contributed by atoms with E-state index in [1.165, 1.54) is 4.80 Å². The zero-order valence-electron chi connectivity index (χ0n) is 26.2. The molecule has 3 aliphatic rings. The van der Waals surface area contributed by atoms with Crippen LogP contribution < -0.4 is 9.80 Å². The summed E-state index contributed by atoms with van der Waals surface area (Å²) in [7, 11) is 0. The van der Waals surface area contributed by atoms with Gasteiger partial charge >= 0.3 is 12.4 Å². The number of para-hydroxylation sites is 1. The SMILES string of the molecule is Cc1cccc2cc(CN(Cc3cc(C(F)(F)F)cc(C(F)(F)F)c3)c3nnn(C4CCCC4)n3)c(N(CC3CC3)CC3CC3)nc12. The Morgan fingerprint density at radius 2 is 1.43 bits per heavy atom. The highest BCUT2D eigenvalue weighted by Crippen LogP contribution is 2.39. The minimum Gasteiger partial charge on any atom is -0.356 e. The average Bonchev–Trinajstić information content (AvgIpc) is 3.90. The molecule has 2 aromatic carbocycles. The first-order chi connectivity index (χ1) is 22.4. The Labute approximate surface area is 268 Å². The van der Waals surface area contributed by atoms with Gasteiger partial charge in [0.05, 0.1) is 22.7 Å². The molecule has 3 saturated carbocycles.